The summed E-state index contributed by atoms with van der Waals surface area (Å²) < 4.78 is 14.2. The van der Waals surface area contributed by atoms with E-state index in [-0.39, 0.29) is 17.7 Å². The third-order valence-corrected chi connectivity index (χ3v) is 4.17. The van der Waals surface area contributed by atoms with Gasteiger partial charge in [-0.1, -0.05) is 0 Å². The molecule has 0 aliphatic heterocycles. The molecule has 0 atom stereocenters. The fourth-order valence-corrected chi connectivity index (χ4v) is 2.78. The highest BCUT2D eigenvalue weighted by Gasteiger charge is 2.22. The van der Waals surface area contributed by atoms with Crippen LogP contribution in [0, 0.1) is 6.92 Å². The van der Waals surface area contributed by atoms with Crippen LogP contribution in [-0.4, -0.2) is 49.2 Å². The van der Waals surface area contributed by atoms with Crippen molar-refractivity contribution >= 4 is 28.9 Å². The zero-order valence-corrected chi connectivity index (χ0v) is 14.7. The van der Waals surface area contributed by atoms with E-state index in [1.807, 2.05) is 0 Å². The van der Waals surface area contributed by atoms with Gasteiger partial charge in [-0.2, -0.15) is 4.98 Å². The number of imidazole rings is 2. The van der Waals surface area contributed by atoms with E-state index in [1.165, 1.54) is 30.2 Å². The second kappa shape index (κ2) is 6.17. The maximum Gasteiger partial charge on any atom is 0.333 e. The second-order valence-corrected chi connectivity index (χ2v) is 5.70. The Labute approximate surface area is 146 Å². The van der Waals surface area contributed by atoms with E-state index in [9.17, 15) is 19.2 Å². The number of methoxy groups -OCH3 is 2. The largest absolute Gasteiger partial charge is 0.468 e. The standard InChI is InChI=1S/C15H17N5O6/c1-8-5-19-11-12(16-14(19)18(8)6-9(21)25-3)17(2)15(24)20(13(11)23)7-10(22)26-4/h5H,6-7H2,1-4H3. The summed E-state index contributed by atoms with van der Waals surface area (Å²) >= 11 is 0. The number of aromatic nitrogens is 5. The molecule has 0 bridgehead atoms. The first-order chi connectivity index (χ1) is 12.3. The second-order valence-electron chi connectivity index (χ2n) is 5.70. The molecule has 0 N–H and O–H groups in total. The maximum atomic E-state index is 12.8. The lowest BCUT2D eigenvalue weighted by Crippen LogP contribution is -2.41. The Bertz CT molecular complexity index is 1160. The highest BCUT2D eigenvalue weighted by atomic mass is 16.5. The van der Waals surface area contributed by atoms with Gasteiger partial charge in [-0.25, -0.2) is 9.36 Å². The number of rotatable bonds is 4. The minimum absolute atomic E-state index is 0.0908. The van der Waals surface area contributed by atoms with E-state index in [1.54, 1.807) is 17.7 Å². The van der Waals surface area contributed by atoms with Crippen molar-refractivity contribution in [2.24, 2.45) is 7.05 Å². The maximum absolute atomic E-state index is 12.8. The topological polar surface area (TPSA) is 119 Å². The van der Waals surface area contributed by atoms with Gasteiger partial charge < -0.3 is 14.0 Å². The van der Waals surface area contributed by atoms with Crippen molar-refractivity contribution in [3.63, 3.8) is 0 Å². The molecular weight excluding hydrogens is 346 g/mol. The molecule has 3 heterocycles. The van der Waals surface area contributed by atoms with Crippen molar-refractivity contribution in [2.45, 2.75) is 20.0 Å². The van der Waals surface area contributed by atoms with Gasteiger partial charge in [-0.05, 0) is 6.92 Å². The SMILES string of the molecule is COC(=O)Cn1c(=O)c2c(nc3n(CC(=O)OC)c(C)cn23)n(C)c1=O. The molecule has 0 saturated heterocycles. The number of fused-ring (bicyclic) bond motifs is 3. The smallest absolute Gasteiger partial charge is 0.333 e. The summed E-state index contributed by atoms with van der Waals surface area (Å²) in [4.78, 5) is 52.7. The zero-order chi connectivity index (χ0) is 19.2. The summed E-state index contributed by atoms with van der Waals surface area (Å²) in [5.41, 5.74) is -0.416. The lowest BCUT2D eigenvalue weighted by Gasteiger charge is -2.06. The molecule has 0 aliphatic carbocycles. The van der Waals surface area contributed by atoms with Crippen LogP contribution in [-0.2, 0) is 39.2 Å². The first kappa shape index (κ1) is 17.5. The molecule has 0 fully saturated rings. The number of ether oxygens (including phenoxy) is 2. The number of hydrogen-bond donors (Lipinski definition) is 0. The van der Waals surface area contributed by atoms with Crippen LogP contribution in [0.1, 0.15) is 5.69 Å². The number of aryl methyl sites for hydroxylation is 2. The van der Waals surface area contributed by atoms with Crippen LogP contribution < -0.4 is 11.2 Å². The number of esters is 2. The quantitative estimate of drug-likeness (QED) is 0.534. The van der Waals surface area contributed by atoms with Gasteiger partial charge in [-0.15, -0.1) is 0 Å². The molecular formula is C15H17N5O6. The fourth-order valence-electron chi connectivity index (χ4n) is 2.78. The summed E-state index contributed by atoms with van der Waals surface area (Å²) in [6.45, 7) is 1.15. The predicted octanol–water partition coefficient (Wildman–Crippen LogP) is -1.20. The summed E-state index contributed by atoms with van der Waals surface area (Å²) in [6.07, 6.45) is 1.63. The third-order valence-electron chi connectivity index (χ3n) is 4.17. The molecule has 3 aromatic rings. The molecule has 11 heteroatoms. The van der Waals surface area contributed by atoms with Gasteiger partial charge in [0.15, 0.2) is 11.2 Å². The van der Waals surface area contributed by atoms with Gasteiger partial charge >= 0.3 is 17.6 Å². The van der Waals surface area contributed by atoms with Crippen LogP contribution in [0.15, 0.2) is 15.8 Å². The van der Waals surface area contributed by atoms with Crippen molar-refractivity contribution in [1.82, 2.24) is 23.1 Å². The molecule has 11 nitrogen and oxygen atoms in total. The minimum Gasteiger partial charge on any atom is -0.468 e. The first-order valence-electron chi connectivity index (χ1n) is 7.61. The summed E-state index contributed by atoms with van der Waals surface area (Å²) in [5.74, 6) is -0.884. The lowest BCUT2D eigenvalue weighted by molar-refractivity contribution is -0.142. The van der Waals surface area contributed by atoms with Gasteiger partial charge in [0.25, 0.3) is 5.56 Å². The van der Waals surface area contributed by atoms with Gasteiger partial charge in [0.1, 0.15) is 13.1 Å². The molecule has 0 amide bonds. The monoisotopic (exact) mass is 363 g/mol. The average Bonchev–Trinajstić information content (AvgIpc) is 3.12. The number of nitrogens with zero attached hydrogens (tertiary/aromatic N) is 5. The Balaban J connectivity index is 2.35. The lowest BCUT2D eigenvalue weighted by atomic mass is 10.4. The highest BCUT2D eigenvalue weighted by molar-refractivity contribution is 5.77. The van der Waals surface area contributed by atoms with Crippen molar-refractivity contribution in [1.29, 1.82) is 0 Å². The van der Waals surface area contributed by atoms with Gasteiger partial charge in [0, 0.05) is 18.9 Å². The Morgan fingerprint density at radius 3 is 2.23 bits per heavy atom. The third kappa shape index (κ3) is 2.48. The van der Waals surface area contributed by atoms with Crippen molar-refractivity contribution in [3.05, 3.63) is 32.7 Å². The van der Waals surface area contributed by atoms with Gasteiger partial charge in [0.05, 0.1) is 14.2 Å². The van der Waals surface area contributed by atoms with Crippen LogP contribution in [0.2, 0.25) is 0 Å². The summed E-state index contributed by atoms with van der Waals surface area (Å²) in [6, 6.07) is 0. The van der Waals surface area contributed by atoms with E-state index in [4.69, 9.17) is 0 Å². The van der Waals surface area contributed by atoms with E-state index in [2.05, 4.69) is 14.5 Å². The van der Waals surface area contributed by atoms with Crippen LogP contribution in [0.3, 0.4) is 0 Å². The number of carbonyl (C=O) groups excluding carboxylic acids is 2. The molecule has 0 aliphatic rings. The summed E-state index contributed by atoms with van der Waals surface area (Å²) in [7, 11) is 3.89. The fraction of sp³-hybridized carbons (Fsp3) is 0.400. The Morgan fingerprint density at radius 2 is 1.65 bits per heavy atom. The highest BCUT2D eigenvalue weighted by Crippen LogP contribution is 2.16. The van der Waals surface area contributed by atoms with E-state index in [0.717, 1.165) is 4.57 Å². The van der Waals surface area contributed by atoms with E-state index in [0.29, 0.717) is 11.5 Å². The molecule has 0 aromatic carbocycles. The van der Waals surface area contributed by atoms with Crippen molar-refractivity contribution in [2.75, 3.05) is 14.2 Å². The Morgan fingerprint density at radius 1 is 1.08 bits per heavy atom. The molecule has 3 aromatic heterocycles. The minimum atomic E-state index is -0.719. The first-order valence-corrected chi connectivity index (χ1v) is 7.61. The van der Waals surface area contributed by atoms with E-state index < -0.39 is 29.7 Å². The van der Waals surface area contributed by atoms with Crippen LogP contribution in [0.4, 0.5) is 0 Å². The number of carbonyl (C=O) groups is 2. The Kier molecular flexibility index (Phi) is 4.14. The van der Waals surface area contributed by atoms with Crippen molar-refractivity contribution in [3.8, 4) is 0 Å². The average molecular weight is 363 g/mol. The van der Waals surface area contributed by atoms with Crippen LogP contribution >= 0.6 is 0 Å². The molecule has 0 unspecified atom stereocenters. The molecule has 3 rings (SSSR count). The van der Waals surface area contributed by atoms with Crippen molar-refractivity contribution < 1.29 is 19.1 Å². The normalized spacial score (nSPS) is 11.2. The van der Waals surface area contributed by atoms with Crippen LogP contribution in [0.25, 0.3) is 16.9 Å². The van der Waals surface area contributed by atoms with Gasteiger partial charge in [-0.3, -0.25) is 23.4 Å². The van der Waals surface area contributed by atoms with E-state index >= 15 is 0 Å². The molecule has 0 saturated carbocycles. The molecule has 138 valence electrons. The zero-order valence-electron chi connectivity index (χ0n) is 14.7. The molecule has 0 spiro atoms. The van der Waals surface area contributed by atoms with Gasteiger partial charge in [0.2, 0.25) is 5.78 Å². The summed E-state index contributed by atoms with van der Waals surface area (Å²) in [5, 5.41) is 0. The Hall–Kier alpha value is -3.37. The molecule has 26 heavy (non-hydrogen) atoms. The predicted molar refractivity (Wildman–Crippen MR) is 89.0 cm³/mol. The van der Waals surface area contributed by atoms with Crippen LogP contribution in [0.5, 0.6) is 0 Å². The number of hydrogen-bond acceptors (Lipinski definition) is 7. The molecule has 0 radical (unpaired) electrons.